The van der Waals surface area contributed by atoms with E-state index < -0.39 is 0 Å². The lowest BCUT2D eigenvalue weighted by atomic mass is 10.1. The zero-order chi connectivity index (χ0) is 16.9. The summed E-state index contributed by atoms with van der Waals surface area (Å²) in [7, 11) is 0. The molecular weight excluding hydrogens is 300 g/mol. The molecule has 1 saturated heterocycles. The fourth-order valence-electron chi connectivity index (χ4n) is 3.04. The van der Waals surface area contributed by atoms with Crippen molar-refractivity contribution >= 4 is 23.1 Å². The van der Waals surface area contributed by atoms with Crippen molar-refractivity contribution in [3.05, 3.63) is 41.7 Å². The van der Waals surface area contributed by atoms with Crippen LogP contribution in [0.5, 0.6) is 0 Å². The average Bonchev–Trinajstić information content (AvgIpc) is 2.84. The molecule has 1 aliphatic rings. The molecule has 2 aromatic rings. The average molecular weight is 324 g/mol. The van der Waals surface area contributed by atoms with Crippen LogP contribution in [0.4, 0.5) is 17.3 Å². The van der Waals surface area contributed by atoms with Crippen LogP contribution in [0.2, 0.25) is 0 Å². The fraction of sp³-hybridized carbons (Fsp3) is 0.421. The van der Waals surface area contributed by atoms with Crippen LogP contribution in [0.25, 0.3) is 0 Å². The molecule has 0 aliphatic carbocycles. The largest absolute Gasteiger partial charge is 0.356 e. The van der Waals surface area contributed by atoms with Gasteiger partial charge in [-0.05, 0) is 38.8 Å². The summed E-state index contributed by atoms with van der Waals surface area (Å²) < 4.78 is 0. The van der Waals surface area contributed by atoms with Crippen LogP contribution in [0.15, 0.2) is 30.3 Å². The summed E-state index contributed by atoms with van der Waals surface area (Å²) in [6, 6.07) is 9.49. The second-order valence-corrected chi connectivity index (χ2v) is 6.32. The molecule has 3 rings (SSSR count). The molecule has 0 radical (unpaired) electrons. The Labute approximate surface area is 143 Å². The van der Waals surface area contributed by atoms with E-state index in [4.69, 9.17) is 0 Å². The van der Waals surface area contributed by atoms with Gasteiger partial charge in [0.25, 0.3) is 0 Å². The zero-order valence-corrected chi connectivity index (χ0v) is 14.4. The van der Waals surface area contributed by atoms with Crippen molar-refractivity contribution in [2.45, 2.75) is 39.5 Å². The second-order valence-electron chi connectivity index (χ2n) is 6.32. The molecule has 126 valence electrons. The number of carbonyl (C=O) groups is 1. The normalized spacial score (nSPS) is 15.0. The van der Waals surface area contributed by atoms with Gasteiger partial charge >= 0.3 is 0 Å². The maximum Gasteiger partial charge on any atom is 0.159 e. The first-order chi connectivity index (χ1) is 11.6. The molecule has 2 heterocycles. The van der Waals surface area contributed by atoms with E-state index in [1.165, 1.54) is 25.7 Å². The van der Waals surface area contributed by atoms with Gasteiger partial charge in [-0.25, -0.2) is 9.97 Å². The molecule has 0 atom stereocenters. The number of carbonyl (C=O) groups excluding carboxylic acids is 1. The van der Waals surface area contributed by atoms with Gasteiger partial charge in [0.1, 0.15) is 17.5 Å². The van der Waals surface area contributed by atoms with Gasteiger partial charge in [-0.15, -0.1) is 0 Å². The van der Waals surface area contributed by atoms with Crippen molar-refractivity contribution in [2.75, 3.05) is 23.3 Å². The number of Topliss-reactive ketones (excluding diaryl/α,β-unsaturated/α-hetero) is 1. The SMILES string of the molecule is CC(=O)c1cccc(Nc2cc(N3CCCCCC3)nc(C)n2)c1. The third-order valence-electron chi connectivity index (χ3n) is 4.30. The van der Waals surface area contributed by atoms with Gasteiger partial charge in [0.2, 0.25) is 0 Å². The molecular formula is C19H24N4O. The monoisotopic (exact) mass is 324 g/mol. The Bertz CT molecular complexity index is 721. The van der Waals surface area contributed by atoms with Crippen LogP contribution < -0.4 is 10.2 Å². The van der Waals surface area contributed by atoms with E-state index in [0.717, 1.165) is 36.2 Å². The number of aryl methyl sites for hydroxylation is 1. The molecule has 0 unspecified atom stereocenters. The molecule has 0 spiro atoms. The van der Waals surface area contributed by atoms with E-state index in [9.17, 15) is 4.79 Å². The molecule has 5 nitrogen and oxygen atoms in total. The lowest BCUT2D eigenvalue weighted by Crippen LogP contribution is -2.25. The smallest absolute Gasteiger partial charge is 0.159 e. The number of hydrogen-bond acceptors (Lipinski definition) is 5. The van der Waals surface area contributed by atoms with E-state index in [1.54, 1.807) is 6.92 Å². The Kier molecular flexibility index (Phi) is 5.08. The van der Waals surface area contributed by atoms with Gasteiger partial charge in [-0.3, -0.25) is 4.79 Å². The van der Waals surface area contributed by atoms with E-state index in [2.05, 4.69) is 20.2 Å². The molecule has 0 amide bonds. The van der Waals surface area contributed by atoms with Crippen molar-refractivity contribution in [1.29, 1.82) is 0 Å². The Morgan fingerprint density at radius 2 is 1.83 bits per heavy atom. The summed E-state index contributed by atoms with van der Waals surface area (Å²) >= 11 is 0. The maximum absolute atomic E-state index is 11.5. The highest BCUT2D eigenvalue weighted by atomic mass is 16.1. The van der Waals surface area contributed by atoms with Crippen LogP contribution in [0.1, 0.15) is 48.8 Å². The minimum Gasteiger partial charge on any atom is -0.356 e. The van der Waals surface area contributed by atoms with Gasteiger partial charge in [-0.1, -0.05) is 25.0 Å². The lowest BCUT2D eigenvalue weighted by molar-refractivity contribution is 0.101. The van der Waals surface area contributed by atoms with Crippen LogP contribution in [-0.4, -0.2) is 28.8 Å². The topological polar surface area (TPSA) is 58.1 Å². The fourth-order valence-corrected chi connectivity index (χ4v) is 3.04. The second kappa shape index (κ2) is 7.43. The van der Waals surface area contributed by atoms with E-state index in [-0.39, 0.29) is 5.78 Å². The van der Waals surface area contributed by atoms with Gasteiger partial charge in [0, 0.05) is 30.4 Å². The molecule has 1 fully saturated rings. The molecule has 0 bridgehead atoms. The quantitative estimate of drug-likeness (QED) is 0.858. The number of hydrogen-bond donors (Lipinski definition) is 1. The van der Waals surface area contributed by atoms with Crippen molar-refractivity contribution < 1.29 is 4.79 Å². The zero-order valence-electron chi connectivity index (χ0n) is 14.4. The molecule has 1 aromatic carbocycles. The number of ketones is 1. The molecule has 1 aromatic heterocycles. The number of rotatable bonds is 4. The lowest BCUT2D eigenvalue weighted by Gasteiger charge is -2.22. The van der Waals surface area contributed by atoms with Gasteiger partial charge in [0.15, 0.2) is 5.78 Å². The Hall–Kier alpha value is -2.43. The van der Waals surface area contributed by atoms with Crippen LogP contribution in [-0.2, 0) is 0 Å². The number of aromatic nitrogens is 2. The van der Waals surface area contributed by atoms with Crippen molar-refractivity contribution in [2.24, 2.45) is 0 Å². The molecule has 0 saturated carbocycles. The van der Waals surface area contributed by atoms with Crippen LogP contribution >= 0.6 is 0 Å². The number of benzene rings is 1. The molecule has 1 aliphatic heterocycles. The third-order valence-corrected chi connectivity index (χ3v) is 4.30. The summed E-state index contributed by atoms with van der Waals surface area (Å²) in [4.78, 5) is 23.0. The summed E-state index contributed by atoms with van der Waals surface area (Å²) in [5.74, 6) is 2.56. The number of nitrogens with one attached hydrogen (secondary N) is 1. The highest BCUT2D eigenvalue weighted by Gasteiger charge is 2.13. The Balaban J connectivity index is 1.83. The van der Waals surface area contributed by atoms with Gasteiger partial charge in [-0.2, -0.15) is 0 Å². The summed E-state index contributed by atoms with van der Waals surface area (Å²) in [5.41, 5.74) is 1.56. The Morgan fingerprint density at radius 3 is 2.54 bits per heavy atom. The standard InChI is InChI=1S/C19H24N4O/c1-14(24)16-8-7-9-17(12-16)22-18-13-19(21-15(2)20-18)23-10-5-3-4-6-11-23/h7-9,12-13H,3-6,10-11H2,1-2H3,(H,20,21,22). The van der Waals surface area contributed by atoms with Crippen LogP contribution in [0.3, 0.4) is 0 Å². The first-order valence-corrected chi connectivity index (χ1v) is 8.60. The van der Waals surface area contributed by atoms with Gasteiger partial charge < -0.3 is 10.2 Å². The highest BCUT2D eigenvalue weighted by molar-refractivity contribution is 5.95. The first-order valence-electron chi connectivity index (χ1n) is 8.60. The van der Waals surface area contributed by atoms with Gasteiger partial charge in [0.05, 0.1) is 0 Å². The molecule has 1 N–H and O–H groups in total. The van der Waals surface area contributed by atoms with Crippen LogP contribution in [0, 0.1) is 6.92 Å². The van der Waals surface area contributed by atoms with E-state index in [1.807, 2.05) is 37.3 Å². The summed E-state index contributed by atoms with van der Waals surface area (Å²) in [5, 5.41) is 3.31. The van der Waals surface area contributed by atoms with E-state index in [0.29, 0.717) is 5.56 Å². The van der Waals surface area contributed by atoms with Crippen molar-refractivity contribution in [3.63, 3.8) is 0 Å². The molecule has 5 heteroatoms. The first kappa shape index (κ1) is 16.4. The van der Waals surface area contributed by atoms with Crippen molar-refractivity contribution in [1.82, 2.24) is 9.97 Å². The predicted molar refractivity (Wildman–Crippen MR) is 97.2 cm³/mol. The third kappa shape index (κ3) is 4.10. The van der Waals surface area contributed by atoms with Crippen molar-refractivity contribution in [3.8, 4) is 0 Å². The predicted octanol–water partition coefficient (Wildman–Crippen LogP) is 4.11. The summed E-state index contributed by atoms with van der Waals surface area (Å²) in [6.07, 6.45) is 5.02. The maximum atomic E-state index is 11.5. The minimum absolute atomic E-state index is 0.0581. The highest BCUT2D eigenvalue weighted by Crippen LogP contribution is 2.23. The molecule has 24 heavy (non-hydrogen) atoms. The number of anilines is 3. The van der Waals surface area contributed by atoms with E-state index >= 15 is 0 Å². The summed E-state index contributed by atoms with van der Waals surface area (Å²) in [6.45, 7) is 5.59. The number of nitrogens with zero attached hydrogens (tertiary/aromatic N) is 3. The Morgan fingerprint density at radius 1 is 1.08 bits per heavy atom. The minimum atomic E-state index is 0.0581.